The lowest BCUT2D eigenvalue weighted by atomic mass is 9.95. The van der Waals surface area contributed by atoms with Crippen LogP contribution in [0, 0.1) is 5.92 Å². The Bertz CT molecular complexity index is 798. The van der Waals surface area contributed by atoms with Gasteiger partial charge in [-0.05, 0) is 42.5 Å². The smallest absolute Gasteiger partial charge is 0.342 e. The molecule has 0 bridgehead atoms. The molecule has 1 fully saturated rings. The van der Waals surface area contributed by atoms with Gasteiger partial charge in [-0.2, -0.15) is 13.2 Å². The fraction of sp³-hybridized carbons (Fsp3) is 0.368. The molecule has 2 heterocycles. The summed E-state index contributed by atoms with van der Waals surface area (Å²) in [5.74, 6) is -0.584. The monoisotopic (exact) mass is 396 g/mol. The largest absolute Gasteiger partial charge is 0.416 e. The van der Waals surface area contributed by atoms with E-state index < -0.39 is 11.7 Å². The van der Waals surface area contributed by atoms with Crippen LogP contribution in [0.4, 0.5) is 18.9 Å². The number of likely N-dealkylation sites (tertiary alicyclic amines) is 1. The van der Waals surface area contributed by atoms with E-state index in [4.69, 9.17) is 0 Å². The molecule has 144 valence electrons. The summed E-state index contributed by atoms with van der Waals surface area (Å²) in [6.45, 7) is 0.954. The fourth-order valence-electron chi connectivity index (χ4n) is 3.08. The Morgan fingerprint density at radius 2 is 1.89 bits per heavy atom. The Kier molecular flexibility index (Phi) is 5.84. The van der Waals surface area contributed by atoms with Crippen molar-refractivity contribution >= 4 is 28.8 Å². The minimum Gasteiger partial charge on any atom is -0.342 e. The highest BCUT2D eigenvalue weighted by molar-refractivity contribution is 7.10. The Balaban J connectivity index is 1.52. The summed E-state index contributed by atoms with van der Waals surface area (Å²) in [6.07, 6.45) is -3.09. The van der Waals surface area contributed by atoms with E-state index in [2.05, 4.69) is 5.32 Å². The Morgan fingerprint density at radius 1 is 1.15 bits per heavy atom. The SMILES string of the molecule is O=C(Nc1cccc(C(F)(F)F)c1)C1CCN(C(=O)Cc2cccs2)CC1. The second-order valence-corrected chi connectivity index (χ2v) is 7.51. The van der Waals surface area contributed by atoms with E-state index in [9.17, 15) is 22.8 Å². The average Bonchev–Trinajstić information content (AvgIpc) is 3.14. The van der Waals surface area contributed by atoms with Gasteiger partial charge in [0.25, 0.3) is 0 Å². The first-order valence-electron chi connectivity index (χ1n) is 8.61. The summed E-state index contributed by atoms with van der Waals surface area (Å²) in [6, 6.07) is 8.41. The number of nitrogens with zero attached hydrogens (tertiary/aromatic N) is 1. The molecule has 1 aromatic heterocycles. The van der Waals surface area contributed by atoms with Crippen molar-refractivity contribution in [2.75, 3.05) is 18.4 Å². The van der Waals surface area contributed by atoms with Crippen LogP contribution in [0.3, 0.4) is 0 Å². The summed E-state index contributed by atoms with van der Waals surface area (Å²) < 4.78 is 38.3. The average molecular weight is 396 g/mol. The zero-order chi connectivity index (χ0) is 19.4. The number of benzene rings is 1. The van der Waals surface area contributed by atoms with Gasteiger partial charge in [0.05, 0.1) is 12.0 Å². The Hall–Kier alpha value is -2.35. The van der Waals surface area contributed by atoms with Crippen molar-refractivity contribution in [3.63, 3.8) is 0 Å². The number of thiophene rings is 1. The molecule has 2 amide bonds. The summed E-state index contributed by atoms with van der Waals surface area (Å²) in [5, 5.41) is 4.49. The molecule has 1 aliphatic rings. The van der Waals surface area contributed by atoms with Gasteiger partial charge in [0.15, 0.2) is 0 Å². The van der Waals surface area contributed by atoms with Crippen LogP contribution >= 0.6 is 11.3 Å². The predicted molar refractivity (Wildman–Crippen MR) is 97.4 cm³/mol. The van der Waals surface area contributed by atoms with Gasteiger partial charge in [-0.25, -0.2) is 0 Å². The van der Waals surface area contributed by atoms with E-state index in [0.29, 0.717) is 32.4 Å². The van der Waals surface area contributed by atoms with E-state index >= 15 is 0 Å². The molecule has 4 nitrogen and oxygen atoms in total. The molecule has 1 aromatic carbocycles. The van der Waals surface area contributed by atoms with Crippen molar-refractivity contribution in [2.45, 2.75) is 25.4 Å². The molecule has 0 atom stereocenters. The van der Waals surface area contributed by atoms with Crippen LogP contribution < -0.4 is 5.32 Å². The summed E-state index contributed by atoms with van der Waals surface area (Å²) >= 11 is 1.53. The lowest BCUT2D eigenvalue weighted by Crippen LogP contribution is -2.42. The number of rotatable bonds is 4. The van der Waals surface area contributed by atoms with Gasteiger partial charge in [-0.3, -0.25) is 9.59 Å². The van der Waals surface area contributed by atoms with Crippen molar-refractivity contribution in [3.05, 3.63) is 52.2 Å². The standard InChI is InChI=1S/C19H19F3N2O2S/c20-19(21,22)14-3-1-4-15(11-14)23-18(26)13-6-8-24(9-7-13)17(25)12-16-5-2-10-27-16/h1-5,10-11,13H,6-9,12H2,(H,23,26). The van der Waals surface area contributed by atoms with Gasteiger partial charge in [0, 0.05) is 29.6 Å². The molecule has 0 aliphatic carbocycles. The third-order valence-electron chi connectivity index (χ3n) is 4.58. The lowest BCUT2D eigenvalue weighted by molar-refractivity contribution is -0.137. The first-order chi connectivity index (χ1) is 12.8. The van der Waals surface area contributed by atoms with Crippen molar-refractivity contribution in [3.8, 4) is 0 Å². The van der Waals surface area contributed by atoms with Crippen LogP contribution in [0.2, 0.25) is 0 Å². The van der Waals surface area contributed by atoms with Gasteiger partial charge in [-0.1, -0.05) is 12.1 Å². The number of amides is 2. The number of carbonyl (C=O) groups is 2. The van der Waals surface area contributed by atoms with Gasteiger partial charge in [-0.15, -0.1) is 11.3 Å². The molecule has 2 aromatic rings. The number of halogens is 3. The zero-order valence-electron chi connectivity index (χ0n) is 14.5. The minimum atomic E-state index is -4.45. The second kappa shape index (κ2) is 8.12. The molecule has 3 rings (SSSR count). The molecule has 0 unspecified atom stereocenters. The summed E-state index contributed by atoms with van der Waals surface area (Å²) in [5.41, 5.74) is -0.666. The van der Waals surface area contributed by atoms with Crippen molar-refractivity contribution in [1.82, 2.24) is 4.90 Å². The van der Waals surface area contributed by atoms with Crippen LogP contribution in [0.25, 0.3) is 0 Å². The second-order valence-electron chi connectivity index (χ2n) is 6.48. The minimum absolute atomic E-state index is 0.0363. The maximum atomic E-state index is 12.8. The molecular weight excluding hydrogens is 377 g/mol. The topological polar surface area (TPSA) is 49.4 Å². The third kappa shape index (κ3) is 5.09. The molecule has 0 radical (unpaired) electrons. The molecule has 1 aliphatic heterocycles. The fourth-order valence-corrected chi connectivity index (χ4v) is 3.78. The molecular formula is C19H19F3N2O2S. The normalized spacial score (nSPS) is 15.6. The lowest BCUT2D eigenvalue weighted by Gasteiger charge is -2.31. The van der Waals surface area contributed by atoms with Gasteiger partial charge in [0.2, 0.25) is 11.8 Å². The van der Waals surface area contributed by atoms with Crippen molar-refractivity contribution in [2.24, 2.45) is 5.92 Å². The number of hydrogen-bond donors (Lipinski definition) is 1. The van der Waals surface area contributed by atoms with Crippen LogP contribution in [0.1, 0.15) is 23.3 Å². The first-order valence-corrected chi connectivity index (χ1v) is 9.49. The number of piperidine rings is 1. The van der Waals surface area contributed by atoms with Crippen LogP contribution in [0.5, 0.6) is 0 Å². The van der Waals surface area contributed by atoms with Gasteiger partial charge < -0.3 is 10.2 Å². The third-order valence-corrected chi connectivity index (χ3v) is 5.46. The molecule has 0 saturated carbocycles. The number of nitrogens with one attached hydrogen (secondary N) is 1. The highest BCUT2D eigenvalue weighted by atomic mass is 32.1. The number of alkyl halides is 3. The predicted octanol–water partition coefficient (Wildman–Crippen LogP) is 4.19. The highest BCUT2D eigenvalue weighted by Crippen LogP contribution is 2.31. The molecule has 8 heteroatoms. The van der Waals surface area contributed by atoms with E-state index in [1.54, 1.807) is 4.90 Å². The highest BCUT2D eigenvalue weighted by Gasteiger charge is 2.31. The van der Waals surface area contributed by atoms with Crippen molar-refractivity contribution < 1.29 is 22.8 Å². The molecule has 1 saturated heterocycles. The van der Waals surface area contributed by atoms with Crippen molar-refractivity contribution in [1.29, 1.82) is 0 Å². The van der Waals surface area contributed by atoms with Crippen LogP contribution in [-0.4, -0.2) is 29.8 Å². The Labute approximate surface area is 159 Å². The molecule has 1 N–H and O–H groups in total. The van der Waals surface area contributed by atoms with Crippen LogP contribution in [0.15, 0.2) is 41.8 Å². The number of anilines is 1. The molecule has 0 spiro atoms. The molecule has 27 heavy (non-hydrogen) atoms. The quantitative estimate of drug-likeness (QED) is 0.843. The van der Waals surface area contributed by atoms with E-state index in [0.717, 1.165) is 17.0 Å². The van der Waals surface area contributed by atoms with E-state index in [1.807, 2.05) is 17.5 Å². The summed E-state index contributed by atoms with van der Waals surface area (Å²) in [7, 11) is 0. The maximum absolute atomic E-state index is 12.8. The van der Waals surface area contributed by atoms with Crippen LogP contribution in [-0.2, 0) is 22.2 Å². The summed E-state index contributed by atoms with van der Waals surface area (Å²) in [4.78, 5) is 27.4. The van der Waals surface area contributed by atoms with Gasteiger partial charge >= 0.3 is 6.18 Å². The number of carbonyl (C=O) groups excluding carboxylic acids is 2. The Morgan fingerprint density at radius 3 is 2.52 bits per heavy atom. The van der Waals surface area contributed by atoms with Gasteiger partial charge in [0.1, 0.15) is 0 Å². The van der Waals surface area contributed by atoms with E-state index in [-0.39, 0.29) is 23.4 Å². The number of hydrogen-bond acceptors (Lipinski definition) is 3. The first kappa shape index (κ1) is 19.4. The van der Waals surface area contributed by atoms with E-state index in [1.165, 1.54) is 23.5 Å². The maximum Gasteiger partial charge on any atom is 0.416 e. The zero-order valence-corrected chi connectivity index (χ0v) is 15.3.